The molecule has 0 N–H and O–H groups in total. The third-order valence-corrected chi connectivity index (χ3v) is 5.28. The van der Waals surface area contributed by atoms with E-state index in [0.717, 1.165) is 26.2 Å². The van der Waals surface area contributed by atoms with Crippen LogP contribution in [0.15, 0.2) is 83.3 Å². The minimum Gasteiger partial charge on any atom is -0.0619 e. The molecule has 3 aromatic rings. The summed E-state index contributed by atoms with van der Waals surface area (Å²) in [6, 6.07) is 25.7. The third-order valence-electron chi connectivity index (χ3n) is 3.25. The lowest BCUT2D eigenvalue weighted by atomic mass is 10.1. The summed E-state index contributed by atoms with van der Waals surface area (Å²) in [5, 5.41) is 1.72. The molecule has 0 heterocycles. The van der Waals surface area contributed by atoms with E-state index in [2.05, 4.69) is 28.1 Å². The van der Waals surface area contributed by atoms with Gasteiger partial charge in [0.15, 0.2) is 10.6 Å². The molecule has 0 spiro atoms. The van der Waals surface area contributed by atoms with Gasteiger partial charge >= 0.3 is 7.80 Å². The van der Waals surface area contributed by atoms with Crippen LogP contribution in [0.25, 0.3) is 11.1 Å². The van der Waals surface area contributed by atoms with Crippen LogP contribution in [0.3, 0.4) is 0 Å². The van der Waals surface area contributed by atoms with Gasteiger partial charge in [-0.3, -0.25) is 0 Å². The molecule has 102 valence electrons. The zero-order valence-corrected chi connectivity index (χ0v) is 13.7. The minimum atomic E-state index is -1.52. The van der Waals surface area contributed by atoms with E-state index in [0.29, 0.717) is 0 Å². The number of rotatable bonds is 3. The number of hydrogen-bond donors (Lipinski definition) is 0. The summed E-state index contributed by atoms with van der Waals surface area (Å²) >= 11 is 3.48. The highest BCUT2D eigenvalue weighted by Gasteiger charge is 2.22. The van der Waals surface area contributed by atoms with Gasteiger partial charge in [0.05, 0.1) is 0 Å². The van der Waals surface area contributed by atoms with Crippen molar-refractivity contribution in [1.82, 2.24) is 0 Å². The molecule has 0 aromatic heterocycles. The van der Waals surface area contributed by atoms with E-state index in [1.165, 1.54) is 0 Å². The Morgan fingerprint density at radius 3 is 2.00 bits per heavy atom. The van der Waals surface area contributed by atoms with E-state index in [9.17, 15) is 4.57 Å². The highest BCUT2D eigenvalue weighted by Crippen LogP contribution is 2.25. The SMILES string of the molecule is O=[P+](c1ccccc1)c1ccc(-c2cccc(Br)c2)cc1. The predicted molar refractivity (Wildman–Crippen MR) is 92.9 cm³/mol. The Hall–Kier alpha value is -1.76. The van der Waals surface area contributed by atoms with Crippen LogP contribution in [0.4, 0.5) is 0 Å². The van der Waals surface area contributed by atoms with Crippen LogP contribution in [0.2, 0.25) is 0 Å². The highest BCUT2D eigenvalue weighted by atomic mass is 79.9. The summed E-state index contributed by atoms with van der Waals surface area (Å²) in [6.07, 6.45) is 0. The Bertz CT molecular complexity index is 767. The van der Waals surface area contributed by atoms with E-state index in [1.807, 2.05) is 66.7 Å². The maximum atomic E-state index is 12.5. The van der Waals surface area contributed by atoms with Crippen LogP contribution in [0, 0.1) is 0 Å². The van der Waals surface area contributed by atoms with Crippen molar-refractivity contribution in [3.8, 4) is 11.1 Å². The fourth-order valence-corrected chi connectivity index (χ4v) is 3.73. The van der Waals surface area contributed by atoms with Crippen LogP contribution < -0.4 is 10.6 Å². The third kappa shape index (κ3) is 3.29. The molecule has 0 fully saturated rings. The summed E-state index contributed by atoms with van der Waals surface area (Å²) in [5.74, 6) is 0. The zero-order valence-electron chi connectivity index (χ0n) is 11.2. The Morgan fingerprint density at radius 2 is 1.33 bits per heavy atom. The van der Waals surface area contributed by atoms with E-state index in [-0.39, 0.29) is 0 Å². The Morgan fingerprint density at radius 1 is 0.667 bits per heavy atom. The van der Waals surface area contributed by atoms with Crippen LogP contribution in [-0.2, 0) is 4.57 Å². The molecular weight excluding hydrogens is 343 g/mol. The van der Waals surface area contributed by atoms with Gasteiger partial charge in [0.25, 0.3) is 0 Å². The molecule has 0 aliphatic heterocycles. The van der Waals surface area contributed by atoms with Gasteiger partial charge in [-0.15, -0.1) is 0 Å². The summed E-state index contributed by atoms with van der Waals surface area (Å²) in [5.41, 5.74) is 2.27. The van der Waals surface area contributed by atoms with E-state index in [4.69, 9.17) is 0 Å². The van der Waals surface area contributed by atoms with Gasteiger partial charge in [-0.05, 0) is 59.7 Å². The van der Waals surface area contributed by atoms with Gasteiger partial charge in [-0.2, -0.15) is 0 Å². The maximum absolute atomic E-state index is 12.5. The first kappa shape index (κ1) is 14.2. The quantitative estimate of drug-likeness (QED) is 0.611. The van der Waals surface area contributed by atoms with E-state index < -0.39 is 7.80 Å². The second-order valence-corrected chi connectivity index (χ2v) is 7.22. The van der Waals surface area contributed by atoms with Gasteiger partial charge < -0.3 is 0 Å². The molecule has 0 bridgehead atoms. The van der Waals surface area contributed by atoms with E-state index >= 15 is 0 Å². The summed E-state index contributed by atoms with van der Waals surface area (Å²) in [7, 11) is -1.52. The van der Waals surface area contributed by atoms with Crippen LogP contribution >= 0.6 is 23.7 Å². The molecule has 0 radical (unpaired) electrons. The monoisotopic (exact) mass is 355 g/mol. The van der Waals surface area contributed by atoms with Crippen molar-refractivity contribution in [3.63, 3.8) is 0 Å². The fraction of sp³-hybridized carbons (Fsp3) is 0. The molecule has 0 aliphatic rings. The lowest BCUT2D eigenvalue weighted by Gasteiger charge is -2.01. The molecule has 3 heteroatoms. The molecule has 21 heavy (non-hydrogen) atoms. The smallest absolute Gasteiger partial charge is 0.0619 e. The van der Waals surface area contributed by atoms with Gasteiger partial charge in [0.2, 0.25) is 0 Å². The second-order valence-electron chi connectivity index (χ2n) is 4.69. The molecule has 0 amide bonds. The molecule has 1 unspecified atom stereocenters. The number of hydrogen-bond acceptors (Lipinski definition) is 1. The standard InChI is InChI=1S/C18H13BrOP/c19-16-6-4-5-15(13-16)14-9-11-18(12-10-14)21(20)17-7-2-1-3-8-17/h1-13H/q+1. The largest absolute Gasteiger partial charge is 0.415 e. The lowest BCUT2D eigenvalue weighted by molar-refractivity contribution is 0.598. The van der Waals surface area contributed by atoms with Gasteiger partial charge in [0.1, 0.15) is 0 Å². The molecule has 3 aromatic carbocycles. The summed E-state index contributed by atoms with van der Waals surface area (Å²) < 4.78 is 13.5. The minimum absolute atomic E-state index is 0.856. The summed E-state index contributed by atoms with van der Waals surface area (Å²) in [6.45, 7) is 0. The molecule has 0 saturated heterocycles. The highest BCUT2D eigenvalue weighted by molar-refractivity contribution is 9.10. The molecule has 1 nitrogen and oxygen atoms in total. The number of benzene rings is 3. The van der Waals surface area contributed by atoms with Crippen LogP contribution in [-0.4, -0.2) is 0 Å². The molecule has 0 saturated carbocycles. The van der Waals surface area contributed by atoms with Crippen molar-refractivity contribution in [2.24, 2.45) is 0 Å². The Balaban J connectivity index is 1.89. The first-order chi connectivity index (χ1) is 10.2. The lowest BCUT2D eigenvalue weighted by Crippen LogP contribution is -2.05. The molecule has 0 aliphatic carbocycles. The average molecular weight is 356 g/mol. The molecule has 1 atom stereocenters. The fourth-order valence-electron chi connectivity index (χ4n) is 2.17. The van der Waals surface area contributed by atoms with Crippen molar-refractivity contribution >= 4 is 34.3 Å². The zero-order chi connectivity index (χ0) is 14.7. The Labute approximate surface area is 133 Å². The van der Waals surface area contributed by atoms with Crippen LogP contribution in [0.1, 0.15) is 0 Å². The second kappa shape index (κ2) is 6.34. The van der Waals surface area contributed by atoms with Gasteiger partial charge in [-0.1, -0.05) is 50.8 Å². The van der Waals surface area contributed by atoms with Crippen molar-refractivity contribution < 1.29 is 4.57 Å². The first-order valence-corrected chi connectivity index (χ1v) is 8.67. The average Bonchev–Trinajstić information content (AvgIpc) is 2.55. The van der Waals surface area contributed by atoms with Crippen molar-refractivity contribution in [1.29, 1.82) is 0 Å². The molecular formula is C18H13BrOP+. The predicted octanol–water partition coefficient (Wildman–Crippen LogP) is 4.89. The number of halogens is 1. The van der Waals surface area contributed by atoms with Crippen LogP contribution in [0.5, 0.6) is 0 Å². The van der Waals surface area contributed by atoms with Gasteiger partial charge in [-0.25, -0.2) is 0 Å². The Kier molecular flexibility index (Phi) is 4.28. The van der Waals surface area contributed by atoms with Gasteiger partial charge in [0, 0.05) is 4.47 Å². The molecule has 3 rings (SSSR count). The first-order valence-electron chi connectivity index (χ1n) is 6.62. The normalized spacial score (nSPS) is 11.2. The van der Waals surface area contributed by atoms with E-state index in [1.54, 1.807) is 0 Å². The van der Waals surface area contributed by atoms with Crippen molar-refractivity contribution in [3.05, 3.63) is 83.3 Å². The summed E-state index contributed by atoms with van der Waals surface area (Å²) in [4.78, 5) is 0. The van der Waals surface area contributed by atoms with Crippen molar-refractivity contribution in [2.45, 2.75) is 0 Å². The maximum Gasteiger partial charge on any atom is 0.415 e. The topological polar surface area (TPSA) is 17.1 Å². The van der Waals surface area contributed by atoms with Crippen molar-refractivity contribution in [2.75, 3.05) is 0 Å².